The molecule has 8 nitrogen and oxygen atoms in total. The molecule has 4 rings (SSSR count). The minimum Gasteiger partial charge on any atom is -0.490 e. The summed E-state index contributed by atoms with van der Waals surface area (Å²) < 4.78 is 64.9. The zero-order chi connectivity index (χ0) is 24.1. The Bertz CT molecular complexity index is 1040. The first kappa shape index (κ1) is 24.0. The molecular formula is C21H19F4N3O5S. The normalized spacial score (nSPS) is 18.0. The summed E-state index contributed by atoms with van der Waals surface area (Å²) in [6, 6.07) is 9.65. The topological polar surface area (TPSA) is 81.3 Å². The number of carbonyl (C=O) groups is 1. The number of likely N-dealkylation sites (tertiary alicyclic amines) is 1. The van der Waals surface area contributed by atoms with Crippen LogP contribution < -0.4 is 20.4 Å². The Balaban J connectivity index is 1.24. The van der Waals surface area contributed by atoms with Crippen LogP contribution in [0.25, 0.3) is 6.08 Å². The average molecular weight is 501 g/mol. The number of halogens is 4. The summed E-state index contributed by atoms with van der Waals surface area (Å²) in [7, 11) is 0. The van der Waals surface area contributed by atoms with Gasteiger partial charge in [-0.2, -0.15) is 4.28 Å². The molecule has 2 amide bonds. The molecule has 2 aromatic carbocycles. The highest BCUT2D eigenvalue weighted by atomic mass is 32.2. The van der Waals surface area contributed by atoms with Crippen LogP contribution in [-0.2, 0) is 9.12 Å². The van der Waals surface area contributed by atoms with Crippen molar-refractivity contribution in [2.45, 2.75) is 25.3 Å². The lowest BCUT2D eigenvalue weighted by Crippen LogP contribution is -2.43. The summed E-state index contributed by atoms with van der Waals surface area (Å²) in [5, 5.41) is 3.06. The van der Waals surface area contributed by atoms with Gasteiger partial charge in [-0.15, -0.1) is 13.2 Å². The molecule has 2 aliphatic rings. The lowest BCUT2D eigenvalue weighted by atomic mass is 10.1. The third-order valence-electron chi connectivity index (χ3n) is 4.91. The SMILES string of the molecule is O=C(Nc1ccc(OC(F)(F)F)c(F)c1)N1CCC(Oc2ccc(C=C3ONOS3)cc2)CC1. The monoisotopic (exact) mass is 501 g/mol. The number of hydrogen-bond acceptors (Lipinski definition) is 7. The number of benzene rings is 2. The molecule has 2 saturated heterocycles. The van der Waals surface area contributed by atoms with Gasteiger partial charge in [-0.05, 0) is 41.5 Å². The zero-order valence-corrected chi connectivity index (χ0v) is 18.2. The quantitative estimate of drug-likeness (QED) is 0.430. The van der Waals surface area contributed by atoms with Crippen molar-refractivity contribution in [2.24, 2.45) is 0 Å². The van der Waals surface area contributed by atoms with Gasteiger partial charge in [-0.1, -0.05) is 12.1 Å². The van der Waals surface area contributed by atoms with Crippen LogP contribution >= 0.6 is 12.0 Å². The molecule has 34 heavy (non-hydrogen) atoms. The van der Waals surface area contributed by atoms with Crippen molar-refractivity contribution in [3.8, 4) is 11.5 Å². The predicted molar refractivity (Wildman–Crippen MR) is 115 cm³/mol. The minimum atomic E-state index is -5.01. The lowest BCUT2D eigenvalue weighted by Gasteiger charge is -2.32. The Labute approximate surface area is 195 Å². The standard InChI is InChI=1S/C21H19F4N3O5S/c22-17-12-14(3-6-18(17)31-21(23,24)25)26-20(29)28-9-7-16(8-10-28)30-15-4-1-13(2-5-15)11-19-32-27-33-34-19/h1-6,11-12,16,27H,7-10H2,(H,26,29). The third-order valence-corrected chi connectivity index (χ3v) is 5.42. The molecule has 2 aromatic rings. The first-order valence-electron chi connectivity index (χ1n) is 10.1. The van der Waals surface area contributed by atoms with Crippen LogP contribution in [-0.4, -0.2) is 36.5 Å². The van der Waals surface area contributed by atoms with E-state index in [-0.39, 0.29) is 11.8 Å². The van der Waals surface area contributed by atoms with Crippen LogP contribution in [0.3, 0.4) is 0 Å². The predicted octanol–water partition coefficient (Wildman–Crippen LogP) is 5.21. The molecule has 13 heteroatoms. The molecule has 0 unspecified atom stereocenters. The van der Waals surface area contributed by atoms with Crippen LogP contribution in [0.15, 0.2) is 47.6 Å². The van der Waals surface area contributed by atoms with E-state index >= 15 is 0 Å². The van der Waals surface area contributed by atoms with Gasteiger partial charge in [-0.3, -0.25) is 0 Å². The van der Waals surface area contributed by atoms with Crippen molar-refractivity contribution in [1.82, 2.24) is 10.5 Å². The van der Waals surface area contributed by atoms with E-state index in [1.165, 1.54) is 4.90 Å². The van der Waals surface area contributed by atoms with Crippen molar-refractivity contribution in [2.75, 3.05) is 18.4 Å². The Kier molecular flexibility index (Phi) is 7.34. The van der Waals surface area contributed by atoms with Gasteiger partial charge in [0, 0.05) is 37.7 Å². The van der Waals surface area contributed by atoms with Gasteiger partial charge in [0.2, 0.25) is 5.09 Å². The molecule has 0 aromatic heterocycles. The van der Waals surface area contributed by atoms with Gasteiger partial charge in [0.15, 0.2) is 11.6 Å². The average Bonchev–Trinajstić information content (AvgIpc) is 3.30. The Morgan fingerprint density at radius 2 is 1.91 bits per heavy atom. The van der Waals surface area contributed by atoms with Crippen LogP contribution in [0.4, 0.5) is 28.0 Å². The summed E-state index contributed by atoms with van der Waals surface area (Å²) in [4.78, 5) is 19.0. The fraction of sp³-hybridized carbons (Fsp3) is 0.286. The Morgan fingerprint density at radius 1 is 1.18 bits per heavy atom. The number of carbonyl (C=O) groups excluding carboxylic acids is 1. The fourth-order valence-electron chi connectivity index (χ4n) is 3.32. The number of amides is 2. The fourth-order valence-corrected chi connectivity index (χ4v) is 3.73. The van der Waals surface area contributed by atoms with Crippen molar-refractivity contribution >= 4 is 29.8 Å². The minimum absolute atomic E-state index is 0.0224. The maximum atomic E-state index is 13.8. The maximum absolute atomic E-state index is 13.8. The highest BCUT2D eigenvalue weighted by Gasteiger charge is 2.32. The molecule has 2 aliphatic heterocycles. The lowest BCUT2D eigenvalue weighted by molar-refractivity contribution is -0.275. The molecule has 182 valence electrons. The molecule has 0 aliphatic carbocycles. The second-order valence-corrected chi connectivity index (χ2v) is 8.05. The number of ether oxygens (including phenoxy) is 2. The largest absolute Gasteiger partial charge is 0.573 e. The van der Waals surface area contributed by atoms with Crippen molar-refractivity contribution in [3.05, 3.63) is 58.9 Å². The molecule has 0 radical (unpaired) electrons. The Morgan fingerprint density at radius 3 is 2.53 bits per heavy atom. The number of hydrogen-bond donors (Lipinski definition) is 2. The summed E-state index contributed by atoms with van der Waals surface area (Å²) in [5.41, 5.74) is 3.20. The zero-order valence-electron chi connectivity index (χ0n) is 17.4. The van der Waals surface area contributed by atoms with Crippen LogP contribution in [0.1, 0.15) is 18.4 Å². The van der Waals surface area contributed by atoms with Crippen LogP contribution in [0.5, 0.6) is 11.5 Å². The number of urea groups is 1. The summed E-state index contributed by atoms with van der Waals surface area (Å²) >= 11 is 1.07. The van der Waals surface area contributed by atoms with E-state index in [9.17, 15) is 22.4 Å². The number of anilines is 1. The number of nitrogens with one attached hydrogen (secondary N) is 2. The van der Waals surface area contributed by atoms with Gasteiger partial charge in [0.1, 0.15) is 11.9 Å². The van der Waals surface area contributed by atoms with Crippen LogP contribution in [0.2, 0.25) is 0 Å². The van der Waals surface area contributed by atoms with Crippen molar-refractivity contribution in [1.29, 1.82) is 0 Å². The second kappa shape index (κ2) is 10.4. The number of piperidine rings is 1. The third kappa shape index (κ3) is 6.68. The molecule has 2 fully saturated rings. The smallest absolute Gasteiger partial charge is 0.490 e. The van der Waals surface area contributed by atoms with Gasteiger partial charge >= 0.3 is 12.4 Å². The molecule has 2 heterocycles. The van der Waals surface area contributed by atoms with Crippen LogP contribution in [0, 0.1) is 5.82 Å². The van der Waals surface area contributed by atoms with E-state index in [1.54, 1.807) is 6.08 Å². The van der Waals surface area contributed by atoms with Gasteiger partial charge in [-0.25, -0.2) is 9.18 Å². The first-order valence-corrected chi connectivity index (χ1v) is 10.8. The maximum Gasteiger partial charge on any atom is 0.573 e. The van der Waals surface area contributed by atoms with E-state index in [1.807, 2.05) is 24.3 Å². The number of nitrogens with zero attached hydrogens (tertiary/aromatic N) is 1. The second-order valence-electron chi connectivity index (χ2n) is 7.31. The molecule has 0 saturated carbocycles. The number of alkyl halides is 3. The highest BCUT2D eigenvalue weighted by Crippen LogP contribution is 2.28. The Hall–Kier alpha value is -3.16. The highest BCUT2D eigenvalue weighted by molar-refractivity contribution is 7.98. The van der Waals surface area contributed by atoms with Gasteiger partial charge in [0.05, 0.1) is 12.0 Å². The molecule has 2 N–H and O–H groups in total. The molecule has 0 atom stereocenters. The van der Waals surface area contributed by atoms with E-state index in [0.717, 1.165) is 35.8 Å². The molecular weight excluding hydrogens is 482 g/mol. The van der Waals surface area contributed by atoms with Crippen molar-refractivity contribution < 1.29 is 41.0 Å². The van der Waals surface area contributed by atoms with Gasteiger partial charge < -0.3 is 24.5 Å². The van der Waals surface area contributed by atoms with E-state index < -0.39 is 24.0 Å². The van der Waals surface area contributed by atoms with E-state index in [0.29, 0.717) is 36.8 Å². The van der Waals surface area contributed by atoms with E-state index in [2.05, 4.69) is 15.7 Å². The summed E-state index contributed by atoms with van der Waals surface area (Å²) in [6.07, 6.45) is -2.13. The summed E-state index contributed by atoms with van der Waals surface area (Å²) in [6.45, 7) is 0.806. The van der Waals surface area contributed by atoms with Crippen molar-refractivity contribution in [3.63, 3.8) is 0 Å². The van der Waals surface area contributed by atoms with E-state index in [4.69, 9.17) is 13.9 Å². The van der Waals surface area contributed by atoms with Gasteiger partial charge in [0.25, 0.3) is 0 Å². The first-order chi connectivity index (χ1) is 16.2. The summed E-state index contributed by atoms with van der Waals surface area (Å²) in [5.74, 6) is -1.51. The molecule has 0 bridgehead atoms. The molecule has 0 spiro atoms. The number of rotatable bonds is 5.